The highest BCUT2D eigenvalue weighted by atomic mass is 16.6. The number of epoxide rings is 1. The lowest BCUT2D eigenvalue weighted by atomic mass is 10.0. The Morgan fingerprint density at radius 2 is 0.404 bits per heavy atom. The largest absolute Gasteiger partial charge is 0.373 e. The molecule has 0 aliphatic carbocycles. The third kappa shape index (κ3) is 40.3. The molecule has 47 heavy (non-hydrogen) atoms. The molecule has 282 valence electrons. The van der Waals surface area contributed by atoms with Crippen molar-refractivity contribution >= 4 is 0 Å². The van der Waals surface area contributed by atoms with E-state index in [1.165, 1.54) is 276 Å². The molecule has 1 atom stereocenters. The first kappa shape index (κ1) is 45.0. The Hall–Kier alpha value is -0.0400. The molecular weight excluding hydrogens is 569 g/mol. The van der Waals surface area contributed by atoms with Crippen molar-refractivity contribution in [3.63, 3.8) is 0 Å². The highest BCUT2D eigenvalue weighted by Crippen LogP contribution is 2.20. The predicted octanol–water partition coefficient (Wildman–Crippen LogP) is 17.2. The summed E-state index contributed by atoms with van der Waals surface area (Å²) in [5.41, 5.74) is 0. The summed E-state index contributed by atoms with van der Waals surface area (Å²) in [6, 6.07) is 0. The molecule has 1 saturated heterocycles. The van der Waals surface area contributed by atoms with E-state index in [0.29, 0.717) is 6.10 Å². The first-order valence-electron chi connectivity index (χ1n) is 23.0. The monoisotopic (exact) mass is 661 g/mol. The van der Waals surface area contributed by atoms with Crippen molar-refractivity contribution in [3.05, 3.63) is 0 Å². The average molecular weight is 661 g/mol. The normalized spacial score (nSPS) is 14.4. The van der Waals surface area contributed by atoms with E-state index in [9.17, 15) is 0 Å². The van der Waals surface area contributed by atoms with Crippen LogP contribution in [0, 0.1) is 0 Å². The molecule has 1 rings (SSSR count). The highest BCUT2D eigenvalue weighted by molar-refractivity contribution is 4.68. The Bertz CT molecular complexity index is 539. The fourth-order valence-corrected chi connectivity index (χ4v) is 7.75. The molecule has 0 radical (unpaired) electrons. The second kappa shape index (κ2) is 40.4. The van der Waals surface area contributed by atoms with Gasteiger partial charge in [0.05, 0.1) is 12.7 Å². The van der Waals surface area contributed by atoms with E-state index >= 15 is 0 Å². The average Bonchev–Trinajstić information content (AvgIpc) is 3.91. The fraction of sp³-hybridized carbons (Fsp3) is 1.00. The number of hydrogen-bond donors (Lipinski definition) is 0. The number of rotatable bonds is 43. The first-order chi connectivity index (χ1) is 23.4. The molecule has 1 heterocycles. The Kier molecular flexibility index (Phi) is 38.7. The molecule has 1 aliphatic heterocycles. The van der Waals surface area contributed by atoms with E-state index in [4.69, 9.17) is 4.74 Å². The molecule has 1 unspecified atom stereocenters. The van der Waals surface area contributed by atoms with Gasteiger partial charge in [-0.25, -0.2) is 0 Å². The molecule has 0 spiro atoms. The summed E-state index contributed by atoms with van der Waals surface area (Å²) in [6.45, 7) is 3.35. The molecule has 0 amide bonds. The summed E-state index contributed by atoms with van der Waals surface area (Å²) < 4.78 is 5.29. The maximum absolute atomic E-state index is 5.29. The smallest absolute Gasteiger partial charge is 0.0810 e. The van der Waals surface area contributed by atoms with E-state index in [2.05, 4.69) is 6.92 Å². The van der Waals surface area contributed by atoms with Crippen molar-refractivity contribution in [1.82, 2.24) is 0 Å². The number of unbranched alkanes of at least 4 members (excludes halogenated alkanes) is 41. The first-order valence-corrected chi connectivity index (χ1v) is 23.0. The van der Waals surface area contributed by atoms with Crippen LogP contribution in [0.1, 0.15) is 283 Å². The molecule has 0 saturated carbocycles. The number of hydrogen-bond acceptors (Lipinski definition) is 1. The van der Waals surface area contributed by atoms with Crippen LogP contribution in [0.2, 0.25) is 0 Å². The Balaban J connectivity index is 1.58. The van der Waals surface area contributed by atoms with Gasteiger partial charge in [-0.1, -0.05) is 277 Å². The summed E-state index contributed by atoms with van der Waals surface area (Å²) in [5, 5.41) is 0. The van der Waals surface area contributed by atoms with Crippen LogP contribution in [0.5, 0.6) is 0 Å². The highest BCUT2D eigenvalue weighted by Gasteiger charge is 2.20. The zero-order chi connectivity index (χ0) is 33.4. The van der Waals surface area contributed by atoms with Crippen molar-refractivity contribution in [2.24, 2.45) is 0 Å². The van der Waals surface area contributed by atoms with Crippen LogP contribution in [0.15, 0.2) is 0 Å². The van der Waals surface area contributed by atoms with Gasteiger partial charge in [0.1, 0.15) is 0 Å². The van der Waals surface area contributed by atoms with Crippen LogP contribution in [0.4, 0.5) is 0 Å². The molecule has 1 heteroatoms. The maximum atomic E-state index is 5.29. The van der Waals surface area contributed by atoms with Gasteiger partial charge in [-0.2, -0.15) is 0 Å². The second-order valence-electron chi connectivity index (χ2n) is 16.2. The molecular formula is C46H92O. The second-order valence-corrected chi connectivity index (χ2v) is 16.2. The molecule has 0 bridgehead atoms. The molecule has 0 N–H and O–H groups in total. The van der Waals surface area contributed by atoms with Gasteiger partial charge < -0.3 is 4.74 Å². The zero-order valence-electron chi connectivity index (χ0n) is 33.1. The van der Waals surface area contributed by atoms with Gasteiger partial charge in [0.15, 0.2) is 0 Å². The van der Waals surface area contributed by atoms with Gasteiger partial charge >= 0.3 is 0 Å². The molecule has 0 aromatic heterocycles. The van der Waals surface area contributed by atoms with Crippen molar-refractivity contribution in [2.45, 2.75) is 289 Å². The van der Waals surface area contributed by atoms with Crippen LogP contribution in [0.3, 0.4) is 0 Å². The van der Waals surface area contributed by atoms with Gasteiger partial charge in [0.25, 0.3) is 0 Å². The van der Waals surface area contributed by atoms with Crippen LogP contribution in [0.25, 0.3) is 0 Å². The summed E-state index contributed by atoms with van der Waals surface area (Å²) in [7, 11) is 0. The summed E-state index contributed by atoms with van der Waals surface area (Å²) in [5.74, 6) is 0. The Labute approximate surface area is 299 Å². The quantitative estimate of drug-likeness (QED) is 0.0468. The van der Waals surface area contributed by atoms with Crippen LogP contribution < -0.4 is 0 Å². The lowest BCUT2D eigenvalue weighted by Gasteiger charge is -2.05. The number of ether oxygens (including phenoxy) is 1. The summed E-state index contributed by atoms with van der Waals surface area (Å²) >= 11 is 0. The van der Waals surface area contributed by atoms with Crippen molar-refractivity contribution in [2.75, 3.05) is 6.61 Å². The molecule has 1 aliphatic rings. The van der Waals surface area contributed by atoms with Gasteiger partial charge in [-0.15, -0.1) is 0 Å². The fourth-order valence-electron chi connectivity index (χ4n) is 7.75. The lowest BCUT2D eigenvalue weighted by Crippen LogP contribution is -1.86. The van der Waals surface area contributed by atoms with E-state index in [1.54, 1.807) is 0 Å². The van der Waals surface area contributed by atoms with Crippen molar-refractivity contribution in [3.8, 4) is 0 Å². The van der Waals surface area contributed by atoms with Gasteiger partial charge in [-0.05, 0) is 6.42 Å². The topological polar surface area (TPSA) is 12.5 Å². The third-order valence-corrected chi connectivity index (χ3v) is 11.3. The van der Waals surface area contributed by atoms with Crippen LogP contribution in [-0.2, 0) is 4.74 Å². The minimum atomic E-state index is 0.646. The molecule has 0 aromatic carbocycles. The van der Waals surface area contributed by atoms with E-state index < -0.39 is 0 Å². The predicted molar refractivity (Wildman–Crippen MR) is 214 cm³/mol. The Morgan fingerprint density at radius 3 is 0.553 bits per heavy atom. The summed E-state index contributed by atoms with van der Waals surface area (Å²) in [6.07, 6.45) is 64.2. The summed E-state index contributed by atoms with van der Waals surface area (Å²) in [4.78, 5) is 0. The van der Waals surface area contributed by atoms with E-state index in [1.807, 2.05) is 0 Å². The van der Waals surface area contributed by atoms with Crippen LogP contribution >= 0.6 is 0 Å². The minimum Gasteiger partial charge on any atom is -0.373 e. The van der Waals surface area contributed by atoms with Gasteiger partial charge in [-0.3, -0.25) is 0 Å². The molecule has 1 nitrogen and oxygen atoms in total. The maximum Gasteiger partial charge on any atom is 0.0810 e. The standard InChI is InChI=1S/C46H92O/c1-2-3-4-5-6-7-8-9-10-11-12-13-14-15-16-17-18-19-20-21-22-23-24-25-26-27-28-29-30-31-32-33-34-35-36-37-38-39-40-41-42-43-44-46-45-47-46/h46H,2-45H2,1H3. The van der Waals surface area contributed by atoms with Crippen LogP contribution in [-0.4, -0.2) is 12.7 Å². The van der Waals surface area contributed by atoms with Crippen molar-refractivity contribution in [1.29, 1.82) is 0 Å². The third-order valence-electron chi connectivity index (χ3n) is 11.3. The van der Waals surface area contributed by atoms with E-state index in [0.717, 1.165) is 6.61 Å². The van der Waals surface area contributed by atoms with Crippen molar-refractivity contribution < 1.29 is 4.74 Å². The van der Waals surface area contributed by atoms with Gasteiger partial charge in [0, 0.05) is 0 Å². The molecule has 0 aromatic rings. The zero-order valence-corrected chi connectivity index (χ0v) is 33.1. The SMILES string of the molecule is CCCCCCCCCCCCCCCCCCCCCCCCCCCCCCCCCCCCCCCCCCCCC1CO1. The van der Waals surface area contributed by atoms with E-state index in [-0.39, 0.29) is 0 Å². The Morgan fingerprint density at radius 1 is 0.255 bits per heavy atom. The minimum absolute atomic E-state index is 0.646. The van der Waals surface area contributed by atoms with Gasteiger partial charge in [0.2, 0.25) is 0 Å². The lowest BCUT2D eigenvalue weighted by molar-refractivity contribution is 0.387. The molecule has 1 fully saturated rings.